The molecule has 100 valence electrons. The second-order valence-corrected chi connectivity index (χ2v) is 5.17. The number of nitrogens with zero attached hydrogens (tertiary/aromatic N) is 1. The molecule has 17 heavy (non-hydrogen) atoms. The van der Waals surface area contributed by atoms with E-state index in [1.807, 2.05) is 0 Å². The minimum atomic E-state index is 0.0515. The molecule has 3 heteroatoms. The van der Waals surface area contributed by atoms with Crippen LogP contribution in [0.1, 0.15) is 66.2 Å². The van der Waals surface area contributed by atoms with Crippen LogP contribution in [0.3, 0.4) is 0 Å². The first kappa shape index (κ1) is 14.5. The summed E-state index contributed by atoms with van der Waals surface area (Å²) in [5, 5.41) is 3.48. The standard InChI is InChI=1S/C14H28N2O/c1-5-8-10-11(4)16-13(9-6-2)15-12(7-3)14(16)17/h11-13,15H,5-10H2,1-4H3. The molecule has 3 nitrogen and oxygen atoms in total. The molecule has 0 aromatic carbocycles. The average molecular weight is 240 g/mol. The molecule has 1 amide bonds. The van der Waals surface area contributed by atoms with Crippen molar-refractivity contribution < 1.29 is 4.79 Å². The van der Waals surface area contributed by atoms with Crippen molar-refractivity contribution in [1.29, 1.82) is 0 Å². The quantitative estimate of drug-likeness (QED) is 0.742. The summed E-state index contributed by atoms with van der Waals surface area (Å²) in [6.07, 6.45) is 6.90. The van der Waals surface area contributed by atoms with E-state index in [0.717, 1.165) is 25.7 Å². The van der Waals surface area contributed by atoms with Gasteiger partial charge >= 0.3 is 0 Å². The normalized spacial score (nSPS) is 26.6. The van der Waals surface area contributed by atoms with Crippen LogP contribution in [0.2, 0.25) is 0 Å². The highest BCUT2D eigenvalue weighted by Crippen LogP contribution is 2.22. The molecule has 0 aromatic heterocycles. The van der Waals surface area contributed by atoms with Crippen molar-refractivity contribution in [3.8, 4) is 0 Å². The highest BCUT2D eigenvalue weighted by Gasteiger charge is 2.39. The minimum Gasteiger partial charge on any atom is -0.323 e. The van der Waals surface area contributed by atoms with E-state index in [1.165, 1.54) is 12.8 Å². The summed E-state index contributed by atoms with van der Waals surface area (Å²) in [6, 6.07) is 0.429. The first-order chi connectivity index (χ1) is 8.15. The van der Waals surface area contributed by atoms with Gasteiger partial charge < -0.3 is 4.90 Å². The van der Waals surface area contributed by atoms with Gasteiger partial charge in [0.1, 0.15) is 0 Å². The van der Waals surface area contributed by atoms with Gasteiger partial charge in [0.2, 0.25) is 5.91 Å². The third-order valence-corrected chi connectivity index (χ3v) is 3.70. The third kappa shape index (κ3) is 3.44. The zero-order chi connectivity index (χ0) is 12.8. The minimum absolute atomic E-state index is 0.0515. The molecule has 1 saturated heterocycles. The summed E-state index contributed by atoms with van der Waals surface area (Å²) < 4.78 is 0. The maximum Gasteiger partial charge on any atom is 0.241 e. The first-order valence-corrected chi connectivity index (χ1v) is 7.23. The summed E-state index contributed by atoms with van der Waals surface area (Å²) in [6.45, 7) is 8.66. The van der Waals surface area contributed by atoms with Crippen LogP contribution in [-0.4, -0.2) is 29.1 Å². The fraction of sp³-hybridized carbons (Fsp3) is 0.929. The Morgan fingerprint density at radius 1 is 1.29 bits per heavy atom. The smallest absolute Gasteiger partial charge is 0.241 e. The van der Waals surface area contributed by atoms with Gasteiger partial charge in [-0.15, -0.1) is 0 Å². The Balaban J connectivity index is 2.66. The van der Waals surface area contributed by atoms with Gasteiger partial charge in [-0.05, 0) is 26.2 Å². The summed E-state index contributed by atoms with van der Waals surface area (Å²) in [5.74, 6) is 0.314. The molecule has 3 unspecified atom stereocenters. The number of carbonyl (C=O) groups excluding carboxylic acids is 1. The fourth-order valence-corrected chi connectivity index (χ4v) is 2.67. The van der Waals surface area contributed by atoms with Gasteiger partial charge in [-0.1, -0.05) is 40.0 Å². The highest BCUT2D eigenvalue weighted by atomic mass is 16.2. The summed E-state index contributed by atoms with van der Waals surface area (Å²) in [7, 11) is 0. The highest BCUT2D eigenvalue weighted by molar-refractivity contribution is 5.84. The van der Waals surface area contributed by atoms with Crippen LogP contribution in [0, 0.1) is 0 Å². The van der Waals surface area contributed by atoms with Gasteiger partial charge in [0, 0.05) is 6.04 Å². The Morgan fingerprint density at radius 3 is 2.53 bits per heavy atom. The molecule has 0 radical (unpaired) electrons. The van der Waals surface area contributed by atoms with Crippen molar-refractivity contribution in [3.05, 3.63) is 0 Å². The predicted molar refractivity (Wildman–Crippen MR) is 71.7 cm³/mol. The van der Waals surface area contributed by atoms with Crippen LogP contribution >= 0.6 is 0 Å². The van der Waals surface area contributed by atoms with Crippen LogP contribution in [0.25, 0.3) is 0 Å². The third-order valence-electron chi connectivity index (χ3n) is 3.70. The van der Waals surface area contributed by atoms with Gasteiger partial charge in [0.05, 0.1) is 12.2 Å². The topological polar surface area (TPSA) is 32.3 Å². The van der Waals surface area contributed by atoms with Gasteiger partial charge in [0.25, 0.3) is 0 Å². The van der Waals surface area contributed by atoms with E-state index in [9.17, 15) is 4.79 Å². The van der Waals surface area contributed by atoms with E-state index in [-0.39, 0.29) is 12.2 Å². The molecule has 1 fully saturated rings. The monoisotopic (exact) mass is 240 g/mol. The number of hydrogen-bond donors (Lipinski definition) is 1. The van der Waals surface area contributed by atoms with Crippen molar-refractivity contribution in [1.82, 2.24) is 10.2 Å². The van der Waals surface area contributed by atoms with Gasteiger partial charge in [0.15, 0.2) is 0 Å². The van der Waals surface area contributed by atoms with Crippen LogP contribution in [0.5, 0.6) is 0 Å². The second-order valence-electron chi connectivity index (χ2n) is 5.17. The van der Waals surface area contributed by atoms with E-state index < -0.39 is 0 Å². The van der Waals surface area contributed by atoms with Crippen LogP contribution in [-0.2, 0) is 4.79 Å². The van der Waals surface area contributed by atoms with E-state index in [2.05, 4.69) is 37.9 Å². The number of hydrogen-bond acceptors (Lipinski definition) is 2. The number of rotatable bonds is 7. The SMILES string of the molecule is CCCCC(C)N1C(=O)C(CC)NC1CCC. The molecule has 0 spiro atoms. The fourth-order valence-electron chi connectivity index (χ4n) is 2.67. The van der Waals surface area contributed by atoms with Gasteiger partial charge in [-0.25, -0.2) is 0 Å². The van der Waals surface area contributed by atoms with Crippen molar-refractivity contribution in [3.63, 3.8) is 0 Å². The number of unbranched alkanes of at least 4 members (excludes halogenated alkanes) is 1. The van der Waals surface area contributed by atoms with Crippen LogP contribution < -0.4 is 5.32 Å². The number of carbonyl (C=O) groups is 1. The predicted octanol–water partition coefficient (Wildman–Crippen LogP) is 2.90. The summed E-state index contributed by atoms with van der Waals surface area (Å²) >= 11 is 0. The first-order valence-electron chi connectivity index (χ1n) is 7.23. The molecule has 0 aliphatic carbocycles. The number of amides is 1. The van der Waals surface area contributed by atoms with Crippen molar-refractivity contribution >= 4 is 5.91 Å². The van der Waals surface area contributed by atoms with Gasteiger partial charge in [-0.2, -0.15) is 0 Å². The lowest BCUT2D eigenvalue weighted by molar-refractivity contribution is -0.132. The molecule has 3 atom stereocenters. The van der Waals surface area contributed by atoms with E-state index >= 15 is 0 Å². The maximum absolute atomic E-state index is 12.3. The van der Waals surface area contributed by atoms with Crippen molar-refractivity contribution in [2.24, 2.45) is 0 Å². The largest absolute Gasteiger partial charge is 0.323 e. The molecular formula is C14H28N2O. The second kappa shape index (κ2) is 7.00. The van der Waals surface area contributed by atoms with E-state index in [4.69, 9.17) is 0 Å². The molecule has 0 aromatic rings. The van der Waals surface area contributed by atoms with Crippen molar-refractivity contribution in [2.45, 2.75) is 84.5 Å². The average Bonchev–Trinajstić information content (AvgIpc) is 2.63. The Hall–Kier alpha value is -0.570. The van der Waals surface area contributed by atoms with Crippen LogP contribution in [0.4, 0.5) is 0 Å². The number of nitrogens with one attached hydrogen (secondary N) is 1. The van der Waals surface area contributed by atoms with E-state index in [1.54, 1.807) is 0 Å². The molecule has 1 heterocycles. The zero-order valence-electron chi connectivity index (χ0n) is 11.8. The molecule has 1 aliphatic heterocycles. The summed E-state index contributed by atoms with van der Waals surface area (Å²) in [4.78, 5) is 14.4. The molecule has 1 aliphatic rings. The summed E-state index contributed by atoms with van der Waals surface area (Å²) in [5.41, 5.74) is 0. The Morgan fingerprint density at radius 2 is 2.00 bits per heavy atom. The zero-order valence-corrected chi connectivity index (χ0v) is 11.8. The van der Waals surface area contributed by atoms with Crippen LogP contribution in [0.15, 0.2) is 0 Å². The molecule has 0 saturated carbocycles. The van der Waals surface area contributed by atoms with E-state index in [0.29, 0.717) is 11.9 Å². The lowest BCUT2D eigenvalue weighted by Crippen LogP contribution is -2.43. The van der Waals surface area contributed by atoms with Gasteiger partial charge in [-0.3, -0.25) is 10.1 Å². The molecule has 1 rings (SSSR count). The molecule has 1 N–H and O–H groups in total. The molecule has 0 bridgehead atoms. The molecular weight excluding hydrogens is 212 g/mol. The Labute approximate surface area is 106 Å². The lowest BCUT2D eigenvalue weighted by atomic mass is 10.1. The Kier molecular flexibility index (Phi) is 5.96. The Bertz CT molecular complexity index is 242. The maximum atomic E-state index is 12.3. The lowest BCUT2D eigenvalue weighted by Gasteiger charge is -2.30. The van der Waals surface area contributed by atoms with Crippen molar-refractivity contribution in [2.75, 3.05) is 0 Å².